The minimum Gasteiger partial charge on any atom is -0.331 e. The van der Waals surface area contributed by atoms with Crippen molar-refractivity contribution in [2.75, 3.05) is 13.6 Å². The molecule has 1 aliphatic heterocycles. The Kier molecular flexibility index (Phi) is 4.81. The minimum absolute atomic E-state index is 0.0933. The van der Waals surface area contributed by atoms with Crippen molar-refractivity contribution >= 4 is 17.2 Å². The molecular weight excluding hydrogens is 346 g/mol. The Labute approximate surface area is 156 Å². The minimum atomic E-state index is 0.0933. The molecule has 0 fully saturated rings. The van der Waals surface area contributed by atoms with Crippen LogP contribution in [0.25, 0.3) is 0 Å². The molecule has 0 N–H and O–H groups in total. The second kappa shape index (κ2) is 7.39. The van der Waals surface area contributed by atoms with Gasteiger partial charge in [-0.15, -0.1) is 0 Å². The standard InChI is InChI=1S/C19H21N5OS/c1-22(10-15-3-2-5-20-9-15)11-17-12-23-6-7-24(13-18(23)21-17)19(25)16-4-8-26-14-16/h2-5,8-9,12,14H,6-7,10-11,13H2,1H3. The monoisotopic (exact) mass is 367 g/mol. The van der Waals surface area contributed by atoms with Gasteiger partial charge in [-0.3, -0.25) is 14.7 Å². The predicted octanol–water partition coefficient (Wildman–Crippen LogP) is 2.63. The van der Waals surface area contributed by atoms with Gasteiger partial charge in [0.25, 0.3) is 5.91 Å². The highest BCUT2D eigenvalue weighted by molar-refractivity contribution is 7.08. The van der Waals surface area contributed by atoms with E-state index >= 15 is 0 Å². The Hall–Kier alpha value is -2.51. The smallest absolute Gasteiger partial charge is 0.255 e. The zero-order valence-corrected chi connectivity index (χ0v) is 15.5. The van der Waals surface area contributed by atoms with Crippen molar-refractivity contribution in [3.8, 4) is 0 Å². The Morgan fingerprint density at radius 2 is 2.23 bits per heavy atom. The molecule has 3 aromatic rings. The van der Waals surface area contributed by atoms with Crippen molar-refractivity contribution in [3.05, 3.63) is 70.2 Å². The molecule has 3 aromatic heterocycles. The molecule has 4 heterocycles. The van der Waals surface area contributed by atoms with Crippen LogP contribution in [0.5, 0.6) is 0 Å². The lowest BCUT2D eigenvalue weighted by molar-refractivity contribution is 0.0708. The molecular formula is C19H21N5OS. The first-order chi connectivity index (χ1) is 12.7. The number of thiophene rings is 1. The third-order valence-electron chi connectivity index (χ3n) is 4.51. The number of hydrogen-bond donors (Lipinski definition) is 0. The lowest BCUT2D eigenvalue weighted by Crippen LogP contribution is -2.38. The summed E-state index contributed by atoms with van der Waals surface area (Å²) in [6.07, 6.45) is 5.79. The van der Waals surface area contributed by atoms with E-state index in [-0.39, 0.29) is 5.91 Å². The summed E-state index contributed by atoms with van der Waals surface area (Å²) in [4.78, 5) is 25.6. The summed E-state index contributed by atoms with van der Waals surface area (Å²) < 4.78 is 2.17. The molecule has 134 valence electrons. The van der Waals surface area contributed by atoms with Crippen LogP contribution in [0, 0.1) is 0 Å². The van der Waals surface area contributed by atoms with Gasteiger partial charge in [0.15, 0.2) is 0 Å². The molecule has 1 amide bonds. The van der Waals surface area contributed by atoms with Gasteiger partial charge in [0.05, 0.1) is 17.8 Å². The van der Waals surface area contributed by atoms with Crippen molar-refractivity contribution in [3.63, 3.8) is 0 Å². The number of carbonyl (C=O) groups is 1. The molecule has 0 aromatic carbocycles. The van der Waals surface area contributed by atoms with Gasteiger partial charge in [-0.05, 0) is 30.1 Å². The molecule has 4 rings (SSSR count). The van der Waals surface area contributed by atoms with Crippen molar-refractivity contribution in [1.29, 1.82) is 0 Å². The van der Waals surface area contributed by atoms with Gasteiger partial charge in [-0.25, -0.2) is 4.98 Å². The van der Waals surface area contributed by atoms with E-state index in [1.165, 1.54) is 5.56 Å². The molecule has 26 heavy (non-hydrogen) atoms. The Bertz CT molecular complexity index is 875. The van der Waals surface area contributed by atoms with Crippen LogP contribution < -0.4 is 0 Å². The van der Waals surface area contributed by atoms with Crippen LogP contribution in [0.15, 0.2) is 47.5 Å². The number of carbonyl (C=O) groups excluding carboxylic acids is 1. The summed E-state index contributed by atoms with van der Waals surface area (Å²) in [7, 11) is 2.08. The molecule has 0 aliphatic carbocycles. The normalized spacial score (nSPS) is 13.8. The fraction of sp³-hybridized carbons (Fsp3) is 0.316. The molecule has 7 heteroatoms. The highest BCUT2D eigenvalue weighted by atomic mass is 32.1. The van der Waals surface area contributed by atoms with Gasteiger partial charge in [0.2, 0.25) is 0 Å². The molecule has 0 radical (unpaired) electrons. The van der Waals surface area contributed by atoms with Gasteiger partial charge in [-0.2, -0.15) is 11.3 Å². The number of fused-ring (bicyclic) bond motifs is 1. The lowest BCUT2D eigenvalue weighted by Gasteiger charge is -2.27. The molecule has 0 atom stereocenters. The molecule has 0 bridgehead atoms. The van der Waals surface area contributed by atoms with Crippen molar-refractivity contribution in [1.82, 2.24) is 24.3 Å². The largest absolute Gasteiger partial charge is 0.331 e. The fourth-order valence-electron chi connectivity index (χ4n) is 3.27. The van der Waals surface area contributed by atoms with Gasteiger partial charge in [-0.1, -0.05) is 6.07 Å². The molecule has 0 unspecified atom stereocenters. The van der Waals surface area contributed by atoms with Crippen LogP contribution in [0.1, 0.15) is 27.4 Å². The maximum atomic E-state index is 12.5. The SMILES string of the molecule is CN(Cc1cccnc1)Cc1cn2c(n1)CN(C(=O)c1ccsc1)CC2. The van der Waals surface area contributed by atoms with E-state index in [9.17, 15) is 4.79 Å². The average molecular weight is 367 g/mol. The van der Waals surface area contributed by atoms with E-state index in [4.69, 9.17) is 4.98 Å². The summed E-state index contributed by atoms with van der Waals surface area (Å²) in [5.74, 6) is 1.06. The molecule has 6 nitrogen and oxygen atoms in total. The van der Waals surface area contributed by atoms with Crippen LogP contribution in [-0.4, -0.2) is 43.8 Å². The van der Waals surface area contributed by atoms with Gasteiger partial charge >= 0.3 is 0 Å². The lowest BCUT2D eigenvalue weighted by atomic mass is 10.2. The molecule has 0 saturated heterocycles. The number of hydrogen-bond acceptors (Lipinski definition) is 5. The topological polar surface area (TPSA) is 54.3 Å². The van der Waals surface area contributed by atoms with E-state index in [0.717, 1.165) is 43.3 Å². The maximum absolute atomic E-state index is 12.5. The first-order valence-corrected chi connectivity index (χ1v) is 9.57. The van der Waals surface area contributed by atoms with Crippen molar-refractivity contribution in [2.45, 2.75) is 26.2 Å². The van der Waals surface area contributed by atoms with E-state index in [2.05, 4.69) is 33.8 Å². The summed E-state index contributed by atoms with van der Waals surface area (Å²) in [6.45, 7) is 3.70. The molecule has 1 aliphatic rings. The maximum Gasteiger partial charge on any atom is 0.255 e. The number of amides is 1. The molecule has 0 spiro atoms. The highest BCUT2D eigenvalue weighted by Gasteiger charge is 2.23. The summed E-state index contributed by atoms with van der Waals surface area (Å²) >= 11 is 1.55. The first kappa shape index (κ1) is 16.9. The summed E-state index contributed by atoms with van der Waals surface area (Å²) in [5.41, 5.74) is 2.99. The number of nitrogens with zero attached hydrogens (tertiary/aromatic N) is 5. The zero-order chi connectivity index (χ0) is 17.9. The average Bonchev–Trinajstić information content (AvgIpc) is 3.30. The fourth-order valence-corrected chi connectivity index (χ4v) is 3.90. The van der Waals surface area contributed by atoms with Gasteiger partial charge in [0, 0.05) is 50.1 Å². The highest BCUT2D eigenvalue weighted by Crippen LogP contribution is 2.18. The number of pyridine rings is 1. The van der Waals surface area contributed by atoms with Crippen LogP contribution in [0.4, 0.5) is 0 Å². The van der Waals surface area contributed by atoms with Gasteiger partial charge < -0.3 is 9.47 Å². The van der Waals surface area contributed by atoms with Crippen LogP contribution >= 0.6 is 11.3 Å². The zero-order valence-electron chi connectivity index (χ0n) is 14.7. The number of rotatable bonds is 5. The van der Waals surface area contributed by atoms with Crippen molar-refractivity contribution < 1.29 is 4.79 Å². The first-order valence-electron chi connectivity index (χ1n) is 8.63. The van der Waals surface area contributed by atoms with Crippen molar-refractivity contribution in [2.24, 2.45) is 0 Å². The van der Waals surface area contributed by atoms with Gasteiger partial charge in [0.1, 0.15) is 5.82 Å². The van der Waals surface area contributed by atoms with E-state index in [1.54, 1.807) is 17.5 Å². The predicted molar refractivity (Wildman–Crippen MR) is 101 cm³/mol. The Morgan fingerprint density at radius 3 is 3.00 bits per heavy atom. The number of aromatic nitrogens is 3. The van der Waals surface area contributed by atoms with Crippen LogP contribution in [0.3, 0.4) is 0 Å². The van der Waals surface area contributed by atoms with Crippen LogP contribution in [-0.2, 0) is 26.2 Å². The summed E-state index contributed by atoms with van der Waals surface area (Å²) in [5, 5.41) is 3.84. The van der Waals surface area contributed by atoms with E-state index in [0.29, 0.717) is 6.54 Å². The summed E-state index contributed by atoms with van der Waals surface area (Å²) in [6, 6.07) is 5.92. The Morgan fingerprint density at radius 1 is 1.31 bits per heavy atom. The van der Waals surface area contributed by atoms with Crippen LogP contribution in [0.2, 0.25) is 0 Å². The van der Waals surface area contributed by atoms with E-state index in [1.807, 2.05) is 34.0 Å². The number of imidazole rings is 1. The second-order valence-corrected chi connectivity index (χ2v) is 7.39. The van der Waals surface area contributed by atoms with E-state index < -0.39 is 0 Å². The quantitative estimate of drug-likeness (QED) is 0.696. The molecule has 0 saturated carbocycles. The Balaban J connectivity index is 1.40. The second-order valence-electron chi connectivity index (χ2n) is 6.61. The third-order valence-corrected chi connectivity index (χ3v) is 5.20. The third kappa shape index (κ3) is 3.68.